The summed E-state index contributed by atoms with van der Waals surface area (Å²) in [5.41, 5.74) is 1.08. The van der Waals surface area contributed by atoms with E-state index in [4.69, 9.17) is 27.9 Å². The summed E-state index contributed by atoms with van der Waals surface area (Å²) in [4.78, 5) is 36.1. The molecule has 1 N–H and O–H groups in total. The standard InChI is InChI=1S/C20H19Cl2N5O3/c21-15-10-23-11-16(22)17(15)25-20(29)18(28)14-12-27(19-13(14)2-1-3-24-19)5-4-26-6-8-30-9-7-26/h1-3,10-12H,4-9H2,(H,23,25,29). The topological polar surface area (TPSA) is 89.4 Å². The minimum absolute atomic E-state index is 0.151. The average molecular weight is 448 g/mol. The van der Waals surface area contributed by atoms with Crippen LogP contribution in [0.5, 0.6) is 0 Å². The molecule has 1 amide bonds. The predicted molar refractivity (Wildman–Crippen MR) is 114 cm³/mol. The van der Waals surface area contributed by atoms with Crippen molar-refractivity contribution in [2.24, 2.45) is 0 Å². The summed E-state index contributed by atoms with van der Waals surface area (Å²) in [6, 6.07) is 3.51. The van der Waals surface area contributed by atoms with Crippen molar-refractivity contribution in [2.75, 3.05) is 38.2 Å². The summed E-state index contributed by atoms with van der Waals surface area (Å²) < 4.78 is 7.28. The van der Waals surface area contributed by atoms with Crippen LogP contribution in [0.1, 0.15) is 10.4 Å². The van der Waals surface area contributed by atoms with Crippen molar-refractivity contribution in [2.45, 2.75) is 6.54 Å². The van der Waals surface area contributed by atoms with Crippen LogP contribution in [0, 0.1) is 0 Å². The Labute approximate surface area is 182 Å². The lowest BCUT2D eigenvalue weighted by atomic mass is 10.1. The molecule has 0 unspecified atom stereocenters. The molecule has 156 valence electrons. The van der Waals surface area contributed by atoms with Gasteiger partial charge in [-0.1, -0.05) is 23.2 Å². The molecule has 10 heteroatoms. The van der Waals surface area contributed by atoms with Gasteiger partial charge in [0.1, 0.15) is 5.65 Å². The fourth-order valence-electron chi connectivity index (χ4n) is 3.37. The van der Waals surface area contributed by atoms with E-state index >= 15 is 0 Å². The minimum Gasteiger partial charge on any atom is -0.379 e. The van der Waals surface area contributed by atoms with E-state index in [0.29, 0.717) is 30.8 Å². The number of fused-ring (bicyclic) bond motifs is 1. The summed E-state index contributed by atoms with van der Waals surface area (Å²) >= 11 is 12.1. The summed E-state index contributed by atoms with van der Waals surface area (Å²) in [7, 11) is 0. The van der Waals surface area contributed by atoms with Crippen molar-refractivity contribution in [1.82, 2.24) is 19.4 Å². The Morgan fingerprint density at radius 1 is 1.13 bits per heavy atom. The SMILES string of the molecule is O=C(Nc1c(Cl)cncc1Cl)C(=O)c1cn(CCN2CCOCC2)c2ncccc12. The molecule has 3 aromatic rings. The highest BCUT2D eigenvalue weighted by molar-refractivity contribution is 6.50. The molecule has 0 atom stereocenters. The molecule has 0 bridgehead atoms. The molecule has 1 fully saturated rings. The molecule has 3 aromatic heterocycles. The Kier molecular flexibility index (Phi) is 6.29. The average Bonchev–Trinajstić information content (AvgIpc) is 3.14. The smallest absolute Gasteiger partial charge is 0.296 e. The van der Waals surface area contributed by atoms with Gasteiger partial charge < -0.3 is 14.6 Å². The van der Waals surface area contributed by atoms with Gasteiger partial charge in [0.25, 0.3) is 11.7 Å². The zero-order chi connectivity index (χ0) is 21.1. The van der Waals surface area contributed by atoms with Gasteiger partial charge in [-0.05, 0) is 12.1 Å². The first-order chi connectivity index (χ1) is 14.5. The maximum absolute atomic E-state index is 12.9. The normalized spacial score (nSPS) is 14.7. The van der Waals surface area contributed by atoms with Crippen molar-refractivity contribution >= 4 is 51.6 Å². The van der Waals surface area contributed by atoms with E-state index in [1.54, 1.807) is 24.5 Å². The number of pyridine rings is 2. The number of anilines is 1. The van der Waals surface area contributed by atoms with Gasteiger partial charge in [-0.15, -0.1) is 0 Å². The van der Waals surface area contributed by atoms with E-state index < -0.39 is 11.7 Å². The molecule has 0 aromatic carbocycles. The second kappa shape index (κ2) is 9.09. The summed E-state index contributed by atoms with van der Waals surface area (Å²) in [5, 5.41) is 3.41. The lowest BCUT2D eigenvalue weighted by Gasteiger charge is -2.26. The number of ether oxygens (including phenoxy) is 1. The fraction of sp³-hybridized carbons (Fsp3) is 0.300. The number of ketones is 1. The van der Waals surface area contributed by atoms with E-state index in [1.165, 1.54) is 12.4 Å². The van der Waals surface area contributed by atoms with Gasteiger partial charge in [0.2, 0.25) is 0 Å². The van der Waals surface area contributed by atoms with Gasteiger partial charge in [0, 0.05) is 56.4 Å². The highest BCUT2D eigenvalue weighted by Crippen LogP contribution is 2.29. The molecular weight excluding hydrogens is 429 g/mol. The highest BCUT2D eigenvalue weighted by Gasteiger charge is 2.24. The van der Waals surface area contributed by atoms with Crippen LogP contribution in [0.25, 0.3) is 11.0 Å². The van der Waals surface area contributed by atoms with Crippen molar-refractivity contribution < 1.29 is 14.3 Å². The Morgan fingerprint density at radius 2 is 1.87 bits per heavy atom. The van der Waals surface area contributed by atoms with Crippen LogP contribution in [0.2, 0.25) is 10.0 Å². The number of carbonyl (C=O) groups is 2. The second-order valence-corrected chi connectivity index (χ2v) is 7.64. The van der Waals surface area contributed by atoms with Crippen molar-refractivity contribution in [3.05, 3.63) is 52.5 Å². The molecule has 1 aliphatic heterocycles. The maximum atomic E-state index is 12.9. The second-order valence-electron chi connectivity index (χ2n) is 6.83. The fourth-order valence-corrected chi connectivity index (χ4v) is 3.83. The molecule has 0 spiro atoms. The van der Waals surface area contributed by atoms with E-state index in [0.717, 1.165) is 19.6 Å². The number of carbonyl (C=O) groups excluding carboxylic acids is 2. The number of hydrogen-bond donors (Lipinski definition) is 1. The number of nitrogens with zero attached hydrogens (tertiary/aromatic N) is 4. The van der Waals surface area contributed by atoms with Gasteiger partial charge in [0.05, 0.1) is 34.5 Å². The predicted octanol–water partition coefficient (Wildman–Crippen LogP) is 2.89. The van der Waals surface area contributed by atoms with Crippen LogP contribution in [0.3, 0.4) is 0 Å². The van der Waals surface area contributed by atoms with E-state index in [-0.39, 0.29) is 21.3 Å². The molecule has 8 nitrogen and oxygen atoms in total. The van der Waals surface area contributed by atoms with Crippen LogP contribution >= 0.6 is 23.2 Å². The quantitative estimate of drug-likeness (QED) is 0.461. The minimum atomic E-state index is -0.832. The van der Waals surface area contributed by atoms with Gasteiger partial charge in [-0.25, -0.2) is 4.98 Å². The first-order valence-corrected chi connectivity index (χ1v) is 10.2. The zero-order valence-corrected chi connectivity index (χ0v) is 17.5. The zero-order valence-electron chi connectivity index (χ0n) is 16.0. The summed E-state index contributed by atoms with van der Waals surface area (Å²) in [6.07, 6.45) is 6.03. The van der Waals surface area contributed by atoms with Crippen LogP contribution in [0.4, 0.5) is 5.69 Å². The van der Waals surface area contributed by atoms with Gasteiger partial charge in [-0.3, -0.25) is 19.5 Å². The number of amides is 1. The number of aromatic nitrogens is 3. The number of nitrogens with one attached hydrogen (secondary N) is 1. The van der Waals surface area contributed by atoms with E-state index in [2.05, 4.69) is 20.2 Å². The first-order valence-electron chi connectivity index (χ1n) is 9.43. The Hall–Kier alpha value is -2.52. The van der Waals surface area contributed by atoms with Gasteiger partial charge in [-0.2, -0.15) is 0 Å². The number of rotatable bonds is 6. The molecule has 0 aliphatic carbocycles. The summed E-state index contributed by atoms with van der Waals surface area (Å²) in [5.74, 6) is -1.52. The van der Waals surface area contributed by atoms with Gasteiger partial charge >= 0.3 is 0 Å². The van der Waals surface area contributed by atoms with Crippen LogP contribution in [-0.4, -0.2) is 64.0 Å². The van der Waals surface area contributed by atoms with Crippen molar-refractivity contribution in [3.63, 3.8) is 0 Å². The summed E-state index contributed by atoms with van der Waals surface area (Å²) in [6.45, 7) is 4.61. The lowest BCUT2D eigenvalue weighted by Crippen LogP contribution is -2.38. The number of morpholine rings is 1. The molecule has 4 rings (SSSR count). The highest BCUT2D eigenvalue weighted by atomic mass is 35.5. The Balaban J connectivity index is 1.57. The largest absolute Gasteiger partial charge is 0.379 e. The van der Waals surface area contributed by atoms with Crippen LogP contribution in [0.15, 0.2) is 36.9 Å². The third kappa shape index (κ3) is 4.32. The first kappa shape index (κ1) is 20.7. The van der Waals surface area contributed by atoms with Gasteiger partial charge in [0.15, 0.2) is 0 Å². The molecule has 0 radical (unpaired) electrons. The van der Waals surface area contributed by atoms with E-state index in [1.807, 2.05) is 4.57 Å². The van der Waals surface area contributed by atoms with Crippen molar-refractivity contribution in [3.8, 4) is 0 Å². The molecule has 1 aliphatic rings. The van der Waals surface area contributed by atoms with Crippen LogP contribution in [-0.2, 0) is 16.1 Å². The number of Topliss-reactive ketones (excluding diaryl/α,β-unsaturated/α-hetero) is 1. The Morgan fingerprint density at radius 3 is 2.60 bits per heavy atom. The lowest BCUT2D eigenvalue weighted by molar-refractivity contribution is -0.112. The van der Waals surface area contributed by atoms with Crippen molar-refractivity contribution in [1.29, 1.82) is 0 Å². The number of hydrogen-bond acceptors (Lipinski definition) is 6. The third-order valence-electron chi connectivity index (χ3n) is 4.94. The monoisotopic (exact) mass is 447 g/mol. The molecule has 4 heterocycles. The molecule has 0 saturated carbocycles. The molecular formula is C20H19Cl2N5O3. The van der Waals surface area contributed by atoms with Crippen LogP contribution < -0.4 is 5.32 Å². The maximum Gasteiger partial charge on any atom is 0.296 e. The Bertz CT molecular complexity index is 1070. The van der Waals surface area contributed by atoms with E-state index in [9.17, 15) is 9.59 Å². The molecule has 1 saturated heterocycles. The molecule has 30 heavy (non-hydrogen) atoms. The number of halogens is 2. The third-order valence-corrected chi connectivity index (χ3v) is 5.51.